The highest BCUT2D eigenvalue weighted by atomic mass is 127. The van der Waals surface area contributed by atoms with E-state index in [1.165, 1.54) is 6.33 Å². The van der Waals surface area contributed by atoms with E-state index >= 15 is 0 Å². The number of aromatic nitrogens is 3. The smallest absolute Gasteiger partial charge is 0.226 e. The van der Waals surface area contributed by atoms with Crippen LogP contribution >= 0.6 is 39.9 Å². The van der Waals surface area contributed by atoms with Crippen molar-refractivity contribution in [1.29, 1.82) is 0 Å². The molecule has 2 rings (SSSR count). The normalized spacial score (nSPS) is 10.9. The molecule has 0 aliphatic carbocycles. The number of hydrogen-bond acceptors (Lipinski definition) is 4. The van der Waals surface area contributed by atoms with Crippen molar-refractivity contribution in [2.45, 2.75) is 26.8 Å². The van der Waals surface area contributed by atoms with Gasteiger partial charge in [0, 0.05) is 36.7 Å². The molecule has 0 saturated carbocycles. The number of amides is 1. The SMILES string of the molecule is CCNC(=NCc1ncnn1C)NCCC(=O)Nc1cc(Br)ccc1C.I. The van der Waals surface area contributed by atoms with E-state index in [2.05, 4.69) is 47.0 Å². The summed E-state index contributed by atoms with van der Waals surface area (Å²) < 4.78 is 2.61. The lowest BCUT2D eigenvalue weighted by Crippen LogP contribution is -2.38. The number of nitrogens with zero attached hydrogens (tertiary/aromatic N) is 4. The van der Waals surface area contributed by atoms with Gasteiger partial charge in [0.05, 0.1) is 0 Å². The first-order chi connectivity index (χ1) is 12.5. The summed E-state index contributed by atoms with van der Waals surface area (Å²) >= 11 is 3.41. The van der Waals surface area contributed by atoms with E-state index in [9.17, 15) is 4.79 Å². The second-order valence-corrected chi connectivity index (χ2v) is 6.59. The van der Waals surface area contributed by atoms with Crippen LogP contribution in [0.3, 0.4) is 0 Å². The van der Waals surface area contributed by atoms with Gasteiger partial charge in [-0.2, -0.15) is 5.10 Å². The molecule has 0 saturated heterocycles. The number of rotatable bonds is 7. The average molecular weight is 550 g/mol. The molecule has 0 aliphatic rings. The zero-order valence-corrected chi connectivity index (χ0v) is 19.5. The molecule has 0 radical (unpaired) electrons. The molecule has 8 nitrogen and oxygen atoms in total. The van der Waals surface area contributed by atoms with Gasteiger partial charge in [0.15, 0.2) is 5.96 Å². The number of anilines is 1. The summed E-state index contributed by atoms with van der Waals surface area (Å²) in [5.41, 5.74) is 1.83. The molecule has 0 atom stereocenters. The molecule has 1 heterocycles. The summed E-state index contributed by atoms with van der Waals surface area (Å²) in [5.74, 6) is 1.36. The molecule has 0 unspecified atom stereocenters. The van der Waals surface area contributed by atoms with E-state index < -0.39 is 0 Å². The van der Waals surface area contributed by atoms with Crippen molar-refractivity contribution in [3.63, 3.8) is 0 Å². The largest absolute Gasteiger partial charge is 0.357 e. The van der Waals surface area contributed by atoms with Gasteiger partial charge >= 0.3 is 0 Å². The van der Waals surface area contributed by atoms with Gasteiger partial charge in [-0.05, 0) is 31.5 Å². The Morgan fingerprint density at radius 2 is 2.11 bits per heavy atom. The Morgan fingerprint density at radius 3 is 2.78 bits per heavy atom. The first-order valence-electron chi connectivity index (χ1n) is 8.40. The van der Waals surface area contributed by atoms with Gasteiger partial charge in [-0.25, -0.2) is 9.98 Å². The van der Waals surface area contributed by atoms with Crippen molar-refractivity contribution in [2.24, 2.45) is 12.0 Å². The minimum Gasteiger partial charge on any atom is -0.357 e. The quantitative estimate of drug-likeness (QED) is 0.280. The van der Waals surface area contributed by atoms with Gasteiger partial charge in [-0.1, -0.05) is 22.0 Å². The summed E-state index contributed by atoms with van der Waals surface area (Å²) in [6.45, 7) is 5.57. The van der Waals surface area contributed by atoms with Crippen LogP contribution in [0.1, 0.15) is 24.7 Å². The van der Waals surface area contributed by atoms with E-state index in [-0.39, 0.29) is 29.9 Å². The van der Waals surface area contributed by atoms with Crippen molar-refractivity contribution in [3.8, 4) is 0 Å². The van der Waals surface area contributed by atoms with Crippen LogP contribution in [0.25, 0.3) is 0 Å². The third kappa shape index (κ3) is 7.83. The number of aliphatic imine (C=N–C) groups is 1. The van der Waals surface area contributed by atoms with Crippen molar-refractivity contribution in [3.05, 3.63) is 40.4 Å². The topological polar surface area (TPSA) is 96.2 Å². The molecule has 27 heavy (non-hydrogen) atoms. The van der Waals surface area contributed by atoms with E-state index in [0.717, 1.165) is 28.1 Å². The second kappa shape index (κ2) is 11.9. The number of carbonyl (C=O) groups is 1. The van der Waals surface area contributed by atoms with Gasteiger partial charge in [0.25, 0.3) is 0 Å². The fourth-order valence-electron chi connectivity index (χ4n) is 2.19. The molecule has 148 valence electrons. The number of aryl methyl sites for hydroxylation is 2. The Bertz CT molecular complexity index is 778. The Balaban J connectivity index is 0.00000364. The first kappa shape index (κ1) is 23.3. The highest BCUT2D eigenvalue weighted by Gasteiger charge is 2.07. The molecule has 10 heteroatoms. The number of hydrogen-bond donors (Lipinski definition) is 3. The Morgan fingerprint density at radius 1 is 1.33 bits per heavy atom. The Kier molecular flexibility index (Phi) is 10.3. The first-order valence-corrected chi connectivity index (χ1v) is 9.20. The van der Waals surface area contributed by atoms with Crippen molar-refractivity contribution >= 4 is 57.5 Å². The lowest BCUT2D eigenvalue weighted by molar-refractivity contribution is -0.116. The van der Waals surface area contributed by atoms with Crippen LogP contribution in [0, 0.1) is 6.92 Å². The highest BCUT2D eigenvalue weighted by Crippen LogP contribution is 2.20. The van der Waals surface area contributed by atoms with Gasteiger partial charge in [0.2, 0.25) is 5.91 Å². The number of nitrogens with one attached hydrogen (secondary N) is 3. The van der Waals surface area contributed by atoms with Crippen LogP contribution in [0.2, 0.25) is 0 Å². The van der Waals surface area contributed by atoms with E-state index in [1.54, 1.807) is 4.68 Å². The number of halogens is 2. The van der Waals surface area contributed by atoms with Crippen LogP contribution in [0.5, 0.6) is 0 Å². The fourth-order valence-corrected chi connectivity index (χ4v) is 2.55. The van der Waals surface area contributed by atoms with Crippen molar-refractivity contribution in [1.82, 2.24) is 25.4 Å². The maximum Gasteiger partial charge on any atom is 0.226 e. The minimum absolute atomic E-state index is 0. The second-order valence-electron chi connectivity index (χ2n) is 5.68. The van der Waals surface area contributed by atoms with Gasteiger partial charge in [-0.15, -0.1) is 24.0 Å². The zero-order valence-electron chi connectivity index (χ0n) is 15.6. The molecular weight excluding hydrogens is 525 g/mol. The van der Waals surface area contributed by atoms with Crippen LogP contribution in [0.4, 0.5) is 5.69 Å². The molecule has 3 N–H and O–H groups in total. The maximum atomic E-state index is 12.2. The predicted octanol–water partition coefficient (Wildman–Crippen LogP) is 2.59. The molecule has 0 aliphatic heterocycles. The summed E-state index contributed by atoms with van der Waals surface area (Å²) in [6.07, 6.45) is 1.83. The third-order valence-electron chi connectivity index (χ3n) is 3.65. The van der Waals surface area contributed by atoms with Crippen molar-refractivity contribution in [2.75, 3.05) is 18.4 Å². The zero-order chi connectivity index (χ0) is 18.9. The molecule has 2 aromatic rings. The summed E-state index contributed by atoms with van der Waals surface area (Å²) in [5, 5.41) is 13.3. The molecule has 0 fully saturated rings. The number of benzene rings is 1. The lowest BCUT2D eigenvalue weighted by Gasteiger charge is -2.12. The number of guanidine groups is 1. The molecular formula is C17H25BrIN7O. The fraction of sp³-hybridized carbons (Fsp3) is 0.412. The molecule has 1 amide bonds. The van der Waals surface area contributed by atoms with Gasteiger partial charge in [-0.3, -0.25) is 9.48 Å². The highest BCUT2D eigenvalue weighted by molar-refractivity contribution is 14.0. The number of carbonyl (C=O) groups excluding carboxylic acids is 1. The monoisotopic (exact) mass is 549 g/mol. The average Bonchev–Trinajstić information content (AvgIpc) is 3.01. The third-order valence-corrected chi connectivity index (χ3v) is 4.14. The summed E-state index contributed by atoms with van der Waals surface area (Å²) in [6, 6.07) is 5.80. The maximum absolute atomic E-state index is 12.2. The molecule has 0 spiro atoms. The predicted molar refractivity (Wildman–Crippen MR) is 121 cm³/mol. The van der Waals surface area contributed by atoms with Crippen LogP contribution in [-0.2, 0) is 18.4 Å². The summed E-state index contributed by atoms with van der Waals surface area (Å²) in [4.78, 5) is 20.8. The lowest BCUT2D eigenvalue weighted by atomic mass is 10.2. The standard InChI is InChI=1S/C17H24BrN7O.HI/c1-4-19-17(21-10-15-22-11-23-25(15)3)20-8-7-16(26)24-14-9-13(18)6-5-12(14)2;/h5-6,9,11H,4,7-8,10H2,1-3H3,(H,24,26)(H2,19,20,21);1H. The van der Waals surface area contributed by atoms with Crippen LogP contribution in [0.15, 0.2) is 34.0 Å². The van der Waals surface area contributed by atoms with E-state index in [4.69, 9.17) is 0 Å². The van der Waals surface area contributed by atoms with Gasteiger partial charge in [0.1, 0.15) is 18.7 Å². The molecule has 1 aromatic heterocycles. The van der Waals surface area contributed by atoms with Crippen molar-refractivity contribution < 1.29 is 4.79 Å². The molecule has 1 aromatic carbocycles. The van der Waals surface area contributed by atoms with E-state index in [1.807, 2.05) is 39.1 Å². The van der Waals surface area contributed by atoms with Gasteiger partial charge < -0.3 is 16.0 Å². The Labute approximate surface area is 184 Å². The Hall–Kier alpha value is -1.69. The van der Waals surface area contributed by atoms with Crippen LogP contribution in [-0.4, -0.2) is 39.7 Å². The van der Waals surface area contributed by atoms with Crippen LogP contribution < -0.4 is 16.0 Å². The minimum atomic E-state index is -0.0529. The molecule has 0 bridgehead atoms. The van der Waals surface area contributed by atoms with E-state index in [0.29, 0.717) is 25.5 Å². The summed E-state index contributed by atoms with van der Waals surface area (Å²) in [7, 11) is 1.83.